The summed E-state index contributed by atoms with van der Waals surface area (Å²) < 4.78 is 11.1. The zero-order chi connectivity index (χ0) is 28.4. The molecule has 0 spiro atoms. The highest BCUT2D eigenvalue weighted by atomic mass is 35.5. The van der Waals surface area contributed by atoms with Crippen LogP contribution in [0.5, 0.6) is 0 Å². The number of methoxy groups -OCH3 is 1. The molecule has 2 fully saturated rings. The molecule has 2 aromatic rings. The highest BCUT2D eigenvalue weighted by molar-refractivity contribution is 6.44. The number of H-pyrrole nitrogens is 1. The van der Waals surface area contributed by atoms with Crippen molar-refractivity contribution < 1.29 is 29.0 Å². The van der Waals surface area contributed by atoms with Gasteiger partial charge in [-0.25, -0.2) is 9.78 Å². The van der Waals surface area contributed by atoms with Crippen LogP contribution in [0.1, 0.15) is 68.9 Å². The lowest BCUT2D eigenvalue weighted by Crippen LogP contribution is -2.55. The summed E-state index contributed by atoms with van der Waals surface area (Å²) in [5.41, 5.74) is 1.88. The number of aromatic carboxylic acids is 1. The van der Waals surface area contributed by atoms with Crippen LogP contribution in [0.4, 0.5) is 5.69 Å². The highest BCUT2D eigenvalue weighted by Gasteiger charge is 2.35. The molecular weight excluding hydrogens is 549 g/mol. The summed E-state index contributed by atoms with van der Waals surface area (Å²) in [5.74, 6) is -2.10. The Kier molecular flexibility index (Phi) is 9.05. The van der Waals surface area contributed by atoms with Crippen molar-refractivity contribution >= 4 is 46.7 Å². The number of hydrogen-bond acceptors (Lipinski definition) is 7. The zero-order valence-corrected chi connectivity index (χ0v) is 23.9. The van der Waals surface area contributed by atoms with Gasteiger partial charge in [0.2, 0.25) is 0 Å². The average Bonchev–Trinajstić information content (AvgIpc) is 3.19. The fourth-order valence-corrected chi connectivity index (χ4v) is 5.50. The SMILES string of the molecule is COC1CN(c2cc(C(=O)N3CCOCC3)nc(C(=O)O)c2C(C)C)CCC1NC(=O)c1[nH]c(C)c(Cl)c1Cl. The van der Waals surface area contributed by atoms with E-state index in [9.17, 15) is 19.5 Å². The molecule has 2 aliphatic rings. The van der Waals surface area contributed by atoms with Gasteiger partial charge < -0.3 is 34.7 Å². The molecule has 3 N–H and O–H groups in total. The molecule has 4 heterocycles. The van der Waals surface area contributed by atoms with Gasteiger partial charge in [-0.3, -0.25) is 9.59 Å². The summed E-state index contributed by atoms with van der Waals surface area (Å²) in [5, 5.41) is 13.5. The second-order valence-corrected chi connectivity index (χ2v) is 10.8. The minimum Gasteiger partial charge on any atom is -0.477 e. The van der Waals surface area contributed by atoms with E-state index in [1.165, 1.54) is 0 Å². The summed E-state index contributed by atoms with van der Waals surface area (Å²) in [6.45, 7) is 8.02. The standard InChI is InChI=1S/C26H33Cl2N5O6/c1-13(2)19-17(11-16(30-22(19)26(36)37)25(35)32-7-9-39-10-8-32)33-6-5-15(18(12-33)38-4)31-24(34)23-21(28)20(27)14(3)29-23/h11,13,15,18,29H,5-10,12H2,1-4H3,(H,31,34)(H,36,37). The van der Waals surface area contributed by atoms with E-state index in [0.29, 0.717) is 67.8 Å². The second kappa shape index (κ2) is 12.1. The molecule has 0 saturated carbocycles. The number of aryl methyl sites for hydroxylation is 1. The van der Waals surface area contributed by atoms with Gasteiger partial charge in [0.05, 0.1) is 35.4 Å². The van der Waals surface area contributed by atoms with Gasteiger partial charge >= 0.3 is 5.97 Å². The van der Waals surface area contributed by atoms with Gasteiger partial charge in [0.1, 0.15) is 11.4 Å². The molecule has 2 unspecified atom stereocenters. The van der Waals surface area contributed by atoms with Crippen LogP contribution in [0.3, 0.4) is 0 Å². The first-order valence-corrected chi connectivity index (χ1v) is 13.6. The molecule has 0 radical (unpaired) electrons. The molecule has 212 valence electrons. The number of hydrogen-bond donors (Lipinski definition) is 3. The third-order valence-corrected chi connectivity index (χ3v) is 8.08. The Morgan fingerprint density at radius 3 is 2.46 bits per heavy atom. The van der Waals surface area contributed by atoms with E-state index >= 15 is 0 Å². The molecule has 2 aliphatic heterocycles. The van der Waals surface area contributed by atoms with Crippen LogP contribution in [0.15, 0.2) is 6.07 Å². The van der Waals surface area contributed by atoms with Gasteiger partial charge in [-0.15, -0.1) is 0 Å². The largest absolute Gasteiger partial charge is 0.477 e. The number of amides is 2. The smallest absolute Gasteiger partial charge is 0.354 e. The van der Waals surface area contributed by atoms with Gasteiger partial charge in [-0.2, -0.15) is 0 Å². The number of pyridine rings is 1. The number of rotatable bonds is 7. The van der Waals surface area contributed by atoms with E-state index in [1.54, 1.807) is 25.0 Å². The van der Waals surface area contributed by atoms with Crippen molar-refractivity contribution in [2.24, 2.45) is 0 Å². The first-order valence-electron chi connectivity index (χ1n) is 12.8. The first-order chi connectivity index (χ1) is 18.5. The maximum absolute atomic E-state index is 13.3. The minimum absolute atomic E-state index is 0.0757. The normalized spacial score (nSPS) is 19.9. The summed E-state index contributed by atoms with van der Waals surface area (Å²) in [6, 6.07) is 1.34. The van der Waals surface area contributed by atoms with Gasteiger partial charge in [-0.05, 0) is 25.3 Å². The lowest BCUT2D eigenvalue weighted by atomic mass is 9.94. The predicted octanol–water partition coefficient (Wildman–Crippen LogP) is 3.34. The second-order valence-electron chi connectivity index (χ2n) is 10.00. The van der Waals surface area contributed by atoms with Crippen LogP contribution < -0.4 is 10.2 Å². The lowest BCUT2D eigenvalue weighted by molar-refractivity contribution is 0.0298. The number of nitrogens with one attached hydrogen (secondary N) is 2. The van der Waals surface area contributed by atoms with Crippen LogP contribution in [-0.4, -0.2) is 96.4 Å². The Morgan fingerprint density at radius 1 is 1.21 bits per heavy atom. The number of nitrogens with zero attached hydrogens (tertiary/aromatic N) is 3. The average molecular weight is 582 g/mol. The van der Waals surface area contributed by atoms with E-state index in [0.717, 1.165) is 0 Å². The number of ether oxygens (including phenoxy) is 2. The van der Waals surface area contributed by atoms with Crippen LogP contribution in [0.25, 0.3) is 0 Å². The van der Waals surface area contributed by atoms with Gasteiger partial charge in [0.25, 0.3) is 11.8 Å². The van der Waals surface area contributed by atoms with Crippen LogP contribution in [0, 0.1) is 6.92 Å². The molecule has 0 aliphatic carbocycles. The minimum atomic E-state index is -1.20. The summed E-state index contributed by atoms with van der Waals surface area (Å²) >= 11 is 12.4. The van der Waals surface area contributed by atoms with Crippen molar-refractivity contribution in [3.63, 3.8) is 0 Å². The fourth-order valence-electron chi connectivity index (χ4n) is 5.08. The van der Waals surface area contributed by atoms with Crippen LogP contribution in [0.2, 0.25) is 10.0 Å². The molecule has 13 heteroatoms. The van der Waals surface area contributed by atoms with E-state index < -0.39 is 18.0 Å². The van der Waals surface area contributed by atoms with Crippen molar-refractivity contribution in [1.82, 2.24) is 20.2 Å². The molecule has 0 aromatic carbocycles. The quantitative estimate of drug-likeness (QED) is 0.452. The van der Waals surface area contributed by atoms with Crippen molar-refractivity contribution in [2.75, 3.05) is 51.4 Å². The number of anilines is 1. The number of carboxylic acids is 1. The monoisotopic (exact) mass is 581 g/mol. The van der Waals surface area contributed by atoms with Crippen molar-refractivity contribution in [2.45, 2.75) is 45.3 Å². The Hall–Kier alpha value is -2.86. The molecule has 2 aromatic heterocycles. The number of aromatic amines is 1. The first kappa shape index (κ1) is 29.1. The van der Waals surface area contributed by atoms with E-state index in [4.69, 9.17) is 32.7 Å². The number of carboxylic acid groups (broad SMARTS) is 1. The number of carbonyl (C=O) groups is 3. The molecule has 11 nitrogen and oxygen atoms in total. The molecule has 2 saturated heterocycles. The Morgan fingerprint density at radius 2 is 1.90 bits per heavy atom. The third kappa shape index (κ3) is 6.01. The summed E-state index contributed by atoms with van der Waals surface area (Å²) in [4.78, 5) is 49.3. The van der Waals surface area contributed by atoms with Gasteiger partial charge in [0.15, 0.2) is 5.69 Å². The van der Waals surface area contributed by atoms with Crippen LogP contribution in [-0.2, 0) is 9.47 Å². The number of halogens is 2. The maximum Gasteiger partial charge on any atom is 0.354 e. The van der Waals surface area contributed by atoms with E-state index in [2.05, 4.69) is 15.3 Å². The lowest BCUT2D eigenvalue weighted by Gasteiger charge is -2.40. The predicted molar refractivity (Wildman–Crippen MR) is 146 cm³/mol. The number of aromatic nitrogens is 2. The fraction of sp³-hybridized carbons (Fsp3) is 0.538. The van der Waals surface area contributed by atoms with Gasteiger partial charge in [0, 0.05) is 50.2 Å². The summed E-state index contributed by atoms with van der Waals surface area (Å²) in [6.07, 6.45) is 0.0810. The molecule has 0 bridgehead atoms. The van der Waals surface area contributed by atoms with E-state index in [-0.39, 0.29) is 40.0 Å². The van der Waals surface area contributed by atoms with Gasteiger partial charge in [-0.1, -0.05) is 37.0 Å². The highest BCUT2D eigenvalue weighted by Crippen LogP contribution is 2.34. The Labute approximate surface area is 236 Å². The van der Waals surface area contributed by atoms with Crippen molar-refractivity contribution in [1.29, 1.82) is 0 Å². The topological polar surface area (TPSA) is 137 Å². The zero-order valence-electron chi connectivity index (χ0n) is 22.3. The van der Waals surface area contributed by atoms with Crippen molar-refractivity contribution in [3.8, 4) is 0 Å². The number of piperidine rings is 1. The molecule has 2 amide bonds. The molecule has 4 rings (SSSR count). The molecule has 39 heavy (non-hydrogen) atoms. The Balaban J connectivity index is 1.62. The third-order valence-electron chi connectivity index (χ3n) is 7.13. The Bertz CT molecular complexity index is 1260. The van der Waals surface area contributed by atoms with E-state index in [1.807, 2.05) is 18.7 Å². The number of carbonyl (C=O) groups excluding carboxylic acids is 2. The van der Waals surface area contributed by atoms with Crippen LogP contribution >= 0.6 is 23.2 Å². The molecule has 2 atom stereocenters. The maximum atomic E-state index is 13.3. The van der Waals surface area contributed by atoms with Crippen molar-refractivity contribution in [3.05, 3.63) is 44.5 Å². The summed E-state index contributed by atoms with van der Waals surface area (Å²) in [7, 11) is 1.56. The number of morpholine rings is 1. The molecular formula is C26H33Cl2N5O6.